The van der Waals surface area contributed by atoms with Crippen molar-refractivity contribution in [2.45, 2.75) is 6.54 Å². The second kappa shape index (κ2) is 5.35. The van der Waals surface area contributed by atoms with Crippen LogP contribution in [0.2, 0.25) is 5.15 Å². The Kier molecular flexibility index (Phi) is 3.39. The molecule has 2 aromatic heterocycles. The predicted octanol–water partition coefficient (Wildman–Crippen LogP) is 3.15. The number of amides is 1. The van der Waals surface area contributed by atoms with Gasteiger partial charge in [0.15, 0.2) is 0 Å². The highest BCUT2D eigenvalue weighted by Crippen LogP contribution is 2.22. The number of hydrogen-bond acceptors (Lipinski definition) is 2. The molecule has 4 nitrogen and oxygen atoms in total. The number of H-pyrrole nitrogens is 1. The maximum atomic E-state index is 12.1. The van der Waals surface area contributed by atoms with E-state index in [9.17, 15) is 4.79 Å². The van der Waals surface area contributed by atoms with E-state index in [1.807, 2.05) is 42.7 Å². The number of aromatic nitrogens is 2. The third-order valence-corrected chi connectivity index (χ3v) is 3.33. The summed E-state index contributed by atoms with van der Waals surface area (Å²) in [6.45, 7) is 0.453. The summed E-state index contributed by atoms with van der Waals surface area (Å²) in [4.78, 5) is 19.2. The summed E-state index contributed by atoms with van der Waals surface area (Å²) in [5.74, 6) is -0.237. The molecule has 2 heterocycles. The minimum atomic E-state index is -0.237. The molecule has 100 valence electrons. The van der Waals surface area contributed by atoms with Crippen LogP contribution in [0.3, 0.4) is 0 Å². The SMILES string of the molecule is O=C(NCc1cc[nH]c1)c1cc2ccccc2c(Cl)n1. The smallest absolute Gasteiger partial charge is 0.270 e. The molecule has 0 unspecified atom stereocenters. The molecule has 1 amide bonds. The number of aromatic amines is 1. The molecular formula is C15H12ClN3O. The van der Waals surface area contributed by atoms with Crippen molar-refractivity contribution in [2.24, 2.45) is 0 Å². The molecule has 0 atom stereocenters. The Bertz CT molecular complexity index is 753. The van der Waals surface area contributed by atoms with Gasteiger partial charge in [-0.2, -0.15) is 0 Å². The van der Waals surface area contributed by atoms with Gasteiger partial charge < -0.3 is 10.3 Å². The fraction of sp³-hybridized carbons (Fsp3) is 0.0667. The van der Waals surface area contributed by atoms with Crippen molar-refractivity contribution in [3.63, 3.8) is 0 Å². The van der Waals surface area contributed by atoms with Crippen LogP contribution in [0, 0.1) is 0 Å². The molecule has 5 heteroatoms. The Balaban J connectivity index is 1.84. The lowest BCUT2D eigenvalue weighted by atomic mass is 10.1. The lowest BCUT2D eigenvalue weighted by Crippen LogP contribution is -2.23. The maximum absolute atomic E-state index is 12.1. The van der Waals surface area contributed by atoms with Crippen molar-refractivity contribution < 1.29 is 4.79 Å². The Morgan fingerprint density at radius 2 is 2.15 bits per heavy atom. The summed E-state index contributed by atoms with van der Waals surface area (Å²) in [7, 11) is 0. The standard InChI is InChI=1S/C15H12ClN3O/c16-14-12-4-2-1-3-11(12)7-13(19-14)15(20)18-9-10-5-6-17-8-10/h1-8,17H,9H2,(H,18,20). The predicted molar refractivity (Wildman–Crippen MR) is 78.7 cm³/mol. The van der Waals surface area contributed by atoms with Crippen LogP contribution in [0.1, 0.15) is 16.1 Å². The molecule has 0 bridgehead atoms. The normalized spacial score (nSPS) is 10.7. The molecule has 2 N–H and O–H groups in total. The molecule has 0 saturated carbocycles. The third kappa shape index (κ3) is 2.51. The number of fused-ring (bicyclic) bond motifs is 1. The number of carbonyl (C=O) groups excluding carboxylic acids is 1. The van der Waals surface area contributed by atoms with Gasteiger partial charge in [-0.15, -0.1) is 0 Å². The molecular weight excluding hydrogens is 274 g/mol. The second-order valence-corrected chi connectivity index (χ2v) is 4.78. The van der Waals surface area contributed by atoms with Gasteiger partial charge in [-0.05, 0) is 23.1 Å². The van der Waals surface area contributed by atoms with Gasteiger partial charge >= 0.3 is 0 Å². The van der Waals surface area contributed by atoms with Gasteiger partial charge in [0, 0.05) is 24.3 Å². The van der Waals surface area contributed by atoms with Gasteiger partial charge in [0.05, 0.1) is 0 Å². The monoisotopic (exact) mass is 285 g/mol. The van der Waals surface area contributed by atoms with Crippen molar-refractivity contribution in [3.05, 3.63) is 65.2 Å². The first kappa shape index (κ1) is 12.7. The highest BCUT2D eigenvalue weighted by molar-refractivity contribution is 6.34. The Morgan fingerprint density at radius 3 is 2.95 bits per heavy atom. The highest BCUT2D eigenvalue weighted by Gasteiger charge is 2.10. The van der Waals surface area contributed by atoms with Crippen LogP contribution in [-0.4, -0.2) is 15.9 Å². The van der Waals surface area contributed by atoms with E-state index in [1.54, 1.807) is 6.07 Å². The Labute approximate surface area is 120 Å². The number of nitrogens with one attached hydrogen (secondary N) is 2. The van der Waals surface area contributed by atoms with E-state index in [4.69, 9.17) is 11.6 Å². The van der Waals surface area contributed by atoms with Crippen molar-refractivity contribution in [1.82, 2.24) is 15.3 Å². The number of rotatable bonds is 3. The lowest BCUT2D eigenvalue weighted by Gasteiger charge is -2.06. The van der Waals surface area contributed by atoms with E-state index in [2.05, 4.69) is 15.3 Å². The lowest BCUT2D eigenvalue weighted by molar-refractivity contribution is 0.0946. The van der Waals surface area contributed by atoms with Gasteiger partial charge in [0.25, 0.3) is 5.91 Å². The highest BCUT2D eigenvalue weighted by atomic mass is 35.5. The van der Waals surface area contributed by atoms with Gasteiger partial charge in [0.1, 0.15) is 10.8 Å². The zero-order valence-corrected chi connectivity index (χ0v) is 11.3. The van der Waals surface area contributed by atoms with Crippen molar-refractivity contribution in [1.29, 1.82) is 0 Å². The first-order valence-electron chi connectivity index (χ1n) is 6.19. The van der Waals surface area contributed by atoms with Crippen LogP contribution in [0.15, 0.2) is 48.8 Å². The summed E-state index contributed by atoms with van der Waals surface area (Å²) in [6.07, 6.45) is 3.65. The molecule has 20 heavy (non-hydrogen) atoms. The molecule has 0 spiro atoms. The van der Waals surface area contributed by atoms with E-state index in [1.165, 1.54) is 0 Å². The van der Waals surface area contributed by atoms with Gasteiger partial charge in [0.2, 0.25) is 0 Å². The minimum absolute atomic E-state index is 0.237. The summed E-state index contributed by atoms with van der Waals surface area (Å²) in [5.41, 5.74) is 1.33. The Morgan fingerprint density at radius 1 is 1.30 bits per heavy atom. The first-order chi connectivity index (χ1) is 9.74. The van der Waals surface area contributed by atoms with Crippen LogP contribution < -0.4 is 5.32 Å². The fourth-order valence-corrected chi connectivity index (χ4v) is 2.28. The zero-order chi connectivity index (χ0) is 13.9. The van der Waals surface area contributed by atoms with Crippen LogP contribution in [0.4, 0.5) is 0 Å². The molecule has 0 radical (unpaired) electrons. The van der Waals surface area contributed by atoms with Gasteiger partial charge in [-0.25, -0.2) is 4.98 Å². The average molecular weight is 286 g/mol. The number of nitrogens with zero attached hydrogens (tertiary/aromatic N) is 1. The van der Waals surface area contributed by atoms with Gasteiger partial charge in [-0.3, -0.25) is 4.79 Å². The topological polar surface area (TPSA) is 57.8 Å². The first-order valence-corrected chi connectivity index (χ1v) is 6.57. The fourth-order valence-electron chi connectivity index (χ4n) is 2.01. The van der Waals surface area contributed by atoms with Gasteiger partial charge in [-0.1, -0.05) is 35.9 Å². The van der Waals surface area contributed by atoms with Crippen molar-refractivity contribution in [2.75, 3.05) is 0 Å². The van der Waals surface area contributed by atoms with E-state index in [0.717, 1.165) is 16.3 Å². The third-order valence-electron chi connectivity index (χ3n) is 3.04. The molecule has 0 saturated heterocycles. The number of pyridine rings is 1. The maximum Gasteiger partial charge on any atom is 0.270 e. The molecule has 3 rings (SSSR count). The summed E-state index contributed by atoms with van der Waals surface area (Å²) >= 11 is 6.11. The summed E-state index contributed by atoms with van der Waals surface area (Å²) in [5, 5.41) is 4.90. The van der Waals surface area contributed by atoms with E-state index in [-0.39, 0.29) is 5.91 Å². The Hall–Kier alpha value is -2.33. The molecule has 3 aromatic rings. The molecule has 0 fully saturated rings. The quantitative estimate of drug-likeness (QED) is 0.726. The second-order valence-electron chi connectivity index (χ2n) is 4.42. The zero-order valence-electron chi connectivity index (χ0n) is 10.6. The van der Waals surface area contributed by atoms with Crippen molar-refractivity contribution in [3.8, 4) is 0 Å². The number of benzene rings is 1. The van der Waals surface area contributed by atoms with Crippen LogP contribution in [0.25, 0.3) is 10.8 Å². The van der Waals surface area contributed by atoms with Crippen LogP contribution in [0.5, 0.6) is 0 Å². The molecule has 1 aromatic carbocycles. The summed E-state index contributed by atoms with van der Waals surface area (Å²) in [6, 6.07) is 11.2. The number of carbonyl (C=O) groups is 1. The van der Waals surface area contributed by atoms with Crippen molar-refractivity contribution >= 4 is 28.3 Å². The summed E-state index contributed by atoms with van der Waals surface area (Å²) < 4.78 is 0. The van der Waals surface area contributed by atoms with E-state index in [0.29, 0.717) is 17.4 Å². The molecule has 0 aliphatic rings. The number of halogens is 1. The van der Waals surface area contributed by atoms with Crippen LogP contribution in [-0.2, 0) is 6.54 Å². The van der Waals surface area contributed by atoms with E-state index >= 15 is 0 Å². The van der Waals surface area contributed by atoms with E-state index < -0.39 is 0 Å². The average Bonchev–Trinajstić information content (AvgIpc) is 2.98. The molecule has 0 aliphatic carbocycles. The van der Waals surface area contributed by atoms with Crippen LogP contribution >= 0.6 is 11.6 Å². The minimum Gasteiger partial charge on any atom is -0.367 e. The number of hydrogen-bond donors (Lipinski definition) is 2. The molecule has 0 aliphatic heterocycles. The largest absolute Gasteiger partial charge is 0.367 e.